The first kappa shape index (κ1) is 18.5. The minimum absolute atomic E-state index is 0.0482. The van der Waals surface area contributed by atoms with Gasteiger partial charge < -0.3 is 14.8 Å². The lowest BCUT2D eigenvalue weighted by molar-refractivity contribution is 0.0635. The summed E-state index contributed by atoms with van der Waals surface area (Å²) >= 11 is 0. The molecule has 6 nitrogen and oxygen atoms in total. The molecule has 0 unspecified atom stereocenters. The van der Waals surface area contributed by atoms with Crippen LogP contribution in [0.15, 0.2) is 36.5 Å². The molecule has 2 N–H and O–H groups in total. The number of amides is 1. The SMILES string of the molecule is COc1ccc(CNc2ccc(F)c(NC(=O)OC(C)(C)C)c2)cn1. The van der Waals surface area contributed by atoms with Crippen LogP contribution >= 0.6 is 0 Å². The number of ether oxygens (including phenoxy) is 2. The molecule has 0 saturated carbocycles. The number of aromatic nitrogens is 1. The van der Waals surface area contributed by atoms with E-state index in [1.807, 2.05) is 6.07 Å². The van der Waals surface area contributed by atoms with Crippen molar-refractivity contribution in [3.05, 3.63) is 47.9 Å². The third kappa shape index (κ3) is 5.95. The van der Waals surface area contributed by atoms with Crippen LogP contribution in [-0.4, -0.2) is 23.8 Å². The number of halogens is 1. The van der Waals surface area contributed by atoms with E-state index in [-0.39, 0.29) is 5.69 Å². The van der Waals surface area contributed by atoms with E-state index >= 15 is 0 Å². The zero-order chi connectivity index (χ0) is 18.4. The molecule has 0 spiro atoms. The number of anilines is 2. The highest BCUT2D eigenvalue weighted by molar-refractivity contribution is 5.85. The summed E-state index contributed by atoms with van der Waals surface area (Å²) in [4.78, 5) is 15.9. The third-order valence-electron chi connectivity index (χ3n) is 3.11. The molecule has 2 rings (SSSR count). The Bertz CT molecular complexity index is 727. The number of carbonyl (C=O) groups excluding carboxylic acids is 1. The first-order valence-corrected chi connectivity index (χ1v) is 7.79. The predicted octanol–water partition coefficient (Wildman–Crippen LogP) is 4.19. The molecule has 25 heavy (non-hydrogen) atoms. The summed E-state index contributed by atoms with van der Waals surface area (Å²) < 4.78 is 24.0. The maximum Gasteiger partial charge on any atom is 0.412 e. The first-order valence-electron chi connectivity index (χ1n) is 7.79. The van der Waals surface area contributed by atoms with Gasteiger partial charge in [-0.15, -0.1) is 0 Å². The van der Waals surface area contributed by atoms with Gasteiger partial charge in [-0.1, -0.05) is 6.07 Å². The van der Waals surface area contributed by atoms with Gasteiger partial charge in [-0.3, -0.25) is 5.32 Å². The molecule has 1 aromatic carbocycles. The predicted molar refractivity (Wildman–Crippen MR) is 94.4 cm³/mol. The minimum Gasteiger partial charge on any atom is -0.481 e. The number of hydrogen-bond acceptors (Lipinski definition) is 5. The van der Waals surface area contributed by atoms with Crippen LogP contribution < -0.4 is 15.4 Å². The van der Waals surface area contributed by atoms with E-state index in [2.05, 4.69) is 15.6 Å². The molecule has 0 aliphatic rings. The molecule has 0 aliphatic heterocycles. The van der Waals surface area contributed by atoms with Gasteiger partial charge in [-0.05, 0) is 44.5 Å². The first-order chi connectivity index (χ1) is 11.8. The summed E-state index contributed by atoms with van der Waals surface area (Å²) in [5.74, 6) is -0.00287. The number of benzene rings is 1. The van der Waals surface area contributed by atoms with Crippen LogP contribution in [-0.2, 0) is 11.3 Å². The number of nitrogens with one attached hydrogen (secondary N) is 2. The topological polar surface area (TPSA) is 72.5 Å². The van der Waals surface area contributed by atoms with Crippen molar-refractivity contribution < 1.29 is 18.7 Å². The normalized spacial score (nSPS) is 10.9. The Hall–Kier alpha value is -2.83. The van der Waals surface area contributed by atoms with E-state index in [1.54, 1.807) is 46.2 Å². The second kappa shape index (κ2) is 7.83. The molecule has 0 radical (unpaired) electrons. The van der Waals surface area contributed by atoms with Crippen molar-refractivity contribution in [2.45, 2.75) is 32.9 Å². The molecule has 1 aromatic heterocycles. The highest BCUT2D eigenvalue weighted by Gasteiger charge is 2.17. The molecule has 0 atom stereocenters. The highest BCUT2D eigenvalue weighted by Crippen LogP contribution is 2.21. The van der Waals surface area contributed by atoms with Crippen molar-refractivity contribution in [1.82, 2.24) is 4.98 Å². The maximum atomic E-state index is 13.9. The second-order valence-corrected chi connectivity index (χ2v) is 6.38. The molecule has 0 saturated heterocycles. The Labute approximate surface area is 146 Å². The van der Waals surface area contributed by atoms with Gasteiger partial charge in [0, 0.05) is 24.5 Å². The number of hydrogen-bond donors (Lipinski definition) is 2. The summed E-state index contributed by atoms with van der Waals surface area (Å²) in [6.07, 6.45) is 0.984. The Morgan fingerprint density at radius 3 is 2.60 bits per heavy atom. The van der Waals surface area contributed by atoms with Crippen LogP contribution in [0.4, 0.5) is 20.6 Å². The molecule has 7 heteroatoms. The standard InChI is InChI=1S/C18H22FN3O3/c1-18(2,3)25-17(23)22-15-9-13(6-7-14(15)19)20-10-12-5-8-16(24-4)21-11-12/h5-9,11,20H,10H2,1-4H3,(H,22,23). The Morgan fingerprint density at radius 1 is 1.24 bits per heavy atom. The van der Waals surface area contributed by atoms with Crippen LogP contribution in [0.25, 0.3) is 0 Å². The second-order valence-electron chi connectivity index (χ2n) is 6.38. The van der Waals surface area contributed by atoms with E-state index in [9.17, 15) is 9.18 Å². The fraction of sp³-hybridized carbons (Fsp3) is 0.333. The van der Waals surface area contributed by atoms with Crippen LogP contribution in [0.2, 0.25) is 0 Å². The lowest BCUT2D eigenvalue weighted by Crippen LogP contribution is -2.27. The van der Waals surface area contributed by atoms with Crippen molar-refractivity contribution in [3.63, 3.8) is 0 Å². The smallest absolute Gasteiger partial charge is 0.412 e. The van der Waals surface area contributed by atoms with E-state index in [0.29, 0.717) is 18.1 Å². The van der Waals surface area contributed by atoms with Gasteiger partial charge in [0.1, 0.15) is 11.4 Å². The minimum atomic E-state index is -0.706. The van der Waals surface area contributed by atoms with Crippen molar-refractivity contribution in [2.75, 3.05) is 17.7 Å². The fourth-order valence-electron chi connectivity index (χ4n) is 1.98. The Morgan fingerprint density at radius 2 is 2.00 bits per heavy atom. The van der Waals surface area contributed by atoms with Gasteiger partial charge in [0.05, 0.1) is 12.8 Å². The van der Waals surface area contributed by atoms with Crippen molar-refractivity contribution in [2.24, 2.45) is 0 Å². The van der Waals surface area contributed by atoms with Gasteiger partial charge in [0.25, 0.3) is 0 Å². The summed E-state index contributed by atoms with van der Waals surface area (Å²) in [6, 6.07) is 8.02. The fourth-order valence-corrected chi connectivity index (χ4v) is 1.98. The highest BCUT2D eigenvalue weighted by atomic mass is 19.1. The average Bonchev–Trinajstić information content (AvgIpc) is 2.54. The summed E-state index contributed by atoms with van der Waals surface area (Å²) in [5, 5.41) is 5.56. The van der Waals surface area contributed by atoms with Gasteiger partial charge in [-0.25, -0.2) is 14.2 Å². The number of carbonyl (C=O) groups is 1. The summed E-state index contributed by atoms with van der Waals surface area (Å²) in [5.41, 5.74) is 0.986. The van der Waals surface area contributed by atoms with Crippen LogP contribution in [0.3, 0.4) is 0 Å². The van der Waals surface area contributed by atoms with Gasteiger partial charge in [0.2, 0.25) is 5.88 Å². The largest absolute Gasteiger partial charge is 0.481 e. The van der Waals surface area contributed by atoms with Gasteiger partial charge in [-0.2, -0.15) is 0 Å². The number of pyridine rings is 1. The number of nitrogens with zero attached hydrogens (tertiary/aromatic N) is 1. The van der Waals surface area contributed by atoms with Crippen molar-refractivity contribution in [3.8, 4) is 5.88 Å². The molecule has 1 amide bonds. The molecular formula is C18H22FN3O3. The molecule has 2 aromatic rings. The maximum absolute atomic E-state index is 13.9. The molecule has 0 fully saturated rings. The molecule has 134 valence electrons. The van der Waals surface area contributed by atoms with Gasteiger partial charge >= 0.3 is 6.09 Å². The van der Waals surface area contributed by atoms with Crippen LogP contribution in [0, 0.1) is 5.82 Å². The van der Waals surface area contributed by atoms with Crippen LogP contribution in [0.1, 0.15) is 26.3 Å². The van der Waals surface area contributed by atoms with E-state index in [1.165, 1.54) is 12.1 Å². The van der Waals surface area contributed by atoms with Crippen molar-refractivity contribution in [1.29, 1.82) is 0 Å². The number of methoxy groups -OCH3 is 1. The van der Waals surface area contributed by atoms with Crippen LogP contribution in [0.5, 0.6) is 5.88 Å². The van der Waals surface area contributed by atoms with Crippen molar-refractivity contribution >= 4 is 17.5 Å². The average molecular weight is 347 g/mol. The lowest BCUT2D eigenvalue weighted by Gasteiger charge is -2.20. The third-order valence-corrected chi connectivity index (χ3v) is 3.11. The lowest BCUT2D eigenvalue weighted by atomic mass is 10.2. The Kier molecular flexibility index (Phi) is 5.80. The number of rotatable bonds is 5. The molecule has 0 bridgehead atoms. The summed E-state index contributed by atoms with van der Waals surface area (Å²) in [6.45, 7) is 5.71. The quantitative estimate of drug-likeness (QED) is 0.848. The Balaban J connectivity index is 2.01. The monoisotopic (exact) mass is 347 g/mol. The zero-order valence-corrected chi connectivity index (χ0v) is 14.7. The molecular weight excluding hydrogens is 325 g/mol. The van der Waals surface area contributed by atoms with E-state index in [4.69, 9.17) is 9.47 Å². The summed E-state index contributed by atoms with van der Waals surface area (Å²) in [7, 11) is 1.55. The van der Waals surface area contributed by atoms with Gasteiger partial charge in [0.15, 0.2) is 0 Å². The molecule has 0 aliphatic carbocycles. The van der Waals surface area contributed by atoms with E-state index < -0.39 is 17.5 Å². The van der Waals surface area contributed by atoms with E-state index in [0.717, 1.165) is 5.56 Å². The molecule has 1 heterocycles. The zero-order valence-electron chi connectivity index (χ0n) is 14.7.